The summed E-state index contributed by atoms with van der Waals surface area (Å²) in [5.41, 5.74) is 2.12. The molecule has 1 N–H and O–H groups in total. The van der Waals surface area contributed by atoms with Gasteiger partial charge in [-0.05, 0) is 50.9 Å². The third-order valence-electron chi connectivity index (χ3n) is 3.88. The van der Waals surface area contributed by atoms with Gasteiger partial charge in [-0.15, -0.1) is 5.10 Å². The zero-order valence-corrected chi connectivity index (χ0v) is 11.6. The first-order valence-electron chi connectivity index (χ1n) is 7.00. The van der Waals surface area contributed by atoms with Gasteiger partial charge in [-0.1, -0.05) is 6.07 Å². The number of rotatable bonds is 2. The van der Waals surface area contributed by atoms with Crippen molar-refractivity contribution in [1.29, 1.82) is 0 Å². The lowest BCUT2D eigenvalue weighted by molar-refractivity contribution is 0.558. The van der Waals surface area contributed by atoms with Gasteiger partial charge in [0, 0.05) is 19.3 Å². The molecule has 19 heavy (non-hydrogen) atoms. The molecule has 0 radical (unpaired) electrons. The molecular formula is C14H21N5. The minimum Gasteiger partial charge on any atom is -0.340 e. The summed E-state index contributed by atoms with van der Waals surface area (Å²) < 4.78 is 1.87. The van der Waals surface area contributed by atoms with Crippen LogP contribution in [-0.4, -0.2) is 40.8 Å². The van der Waals surface area contributed by atoms with Crippen LogP contribution in [0.4, 0.5) is 5.95 Å². The van der Waals surface area contributed by atoms with Crippen molar-refractivity contribution in [1.82, 2.24) is 19.9 Å². The number of pyridine rings is 1. The Morgan fingerprint density at radius 1 is 1.32 bits per heavy atom. The van der Waals surface area contributed by atoms with Gasteiger partial charge in [0.15, 0.2) is 5.65 Å². The Bertz CT molecular complexity index is 554. The van der Waals surface area contributed by atoms with Gasteiger partial charge in [-0.25, -0.2) is 4.52 Å². The van der Waals surface area contributed by atoms with Crippen LogP contribution in [0.3, 0.4) is 0 Å². The summed E-state index contributed by atoms with van der Waals surface area (Å²) in [5.74, 6) is 0.831. The molecule has 0 saturated carbocycles. The second-order valence-electron chi connectivity index (χ2n) is 5.37. The van der Waals surface area contributed by atoms with E-state index in [1.165, 1.54) is 18.4 Å². The Hall–Kier alpha value is -1.62. The van der Waals surface area contributed by atoms with Crippen molar-refractivity contribution >= 4 is 11.6 Å². The summed E-state index contributed by atoms with van der Waals surface area (Å²) in [4.78, 5) is 6.85. The molecule has 5 heteroatoms. The molecule has 1 saturated heterocycles. The smallest absolute Gasteiger partial charge is 0.245 e. The van der Waals surface area contributed by atoms with Gasteiger partial charge >= 0.3 is 0 Å². The number of hydrogen-bond donors (Lipinski definition) is 1. The van der Waals surface area contributed by atoms with Crippen LogP contribution in [0.25, 0.3) is 5.65 Å². The van der Waals surface area contributed by atoms with Crippen LogP contribution >= 0.6 is 0 Å². The Morgan fingerprint density at radius 3 is 3.11 bits per heavy atom. The third-order valence-corrected chi connectivity index (χ3v) is 3.88. The molecule has 0 aromatic carbocycles. The average molecular weight is 259 g/mol. The summed E-state index contributed by atoms with van der Waals surface area (Å²) in [7, 11) is 2.11. The number of fused-ring (bicyclic) bond motifs is 1. The summed E-state index contributed by atoms with van der Waals surface area (Å²) >= 11 is 0. The van der Waals surface area contributed by atoms with E-state index in [4.69, 9.17) is 0 Å². The minimum absolute atomic E-state index is 0.536. The van der Waals surface area contributed by atoms with Crippen LogP contribution in [0.15, 0.2) is 18.3 Å². The molecule has 2 aromatic rings. The van der Waals surface area contributed by atoms with E-state index in [1.54, 1.807) is 0 Å². The van der Waals surface area contributed by atoms with Crippen molar-refractivity contribution in [2.45, 2.75) is 32.2 Å². The third kappa shape index (κ3) is 2.56. The highest BCUT2D eigenvalue weighted by atomic mass is 15.4. The van der Waals surface area contributed by atoms with E-state index in [9.17, 15) is 0 Å². The first-order valence-corrected chi connectivity index (χ1v) is 7.00. The lowest BCUT2D eigenvalue weighted by atomic mass is 10.1. The highest BCUT2D eigenvalue weighted by Crippen LogP contribution is 2.18. The second-order valence-corrected chi connectivity index (χ2v) is 5.37. The first kappa shape index (κ1) is 12.4. The van der Waals surface area contributed by atoms with Gasteiger partial charge in [0.2, 0.25) is 5.95 Å². The number of nitrogens with zero attached hydrogens (tertiary/aromatic N) is 4. The lowest BCUT2D eigenvalue weighted by Crippen LogP contribution is -2.33. The van der Waals surface area contributed by atoms with E-state index in [-0.39, 0.29) is 0 Å². The van der Waals surface area contributed by atoms with Crippen molar-refractivity contribution in [2.24, 2.45) is 0 Å². The molecule has 0 spiro atoms. The van der Waals surface area contributed by atoms with Crippen LogP contribution in [0.1, 0.15) is 24.8 Å². The van der Waals surface area contributed by atoms with Crippen molar-refractivity contribution in [3.63, 3.8) is 0 Å². The highest BCUT2D eigenvalue weighted by Gasteiger charge is 2.20. The van der Waals surface area contributed by atoms with Gasteiger partial charge in [-0.3, -0.25) is 0 Å². The molecule has 5 nitrogen and oxygen atoms in total. The molecule has 3 heterocycles. The summed E-state index contributed by atoms with van der Waals surface area (Å²) in [6, 6.07) is 4.63. The topological polar surface area (TPSA) is 45.5 Å². The number of aryl methyl sites for hydroxylation is 1. The maximum Gasteiger partial charge on any atom is 0.245 e. The van der Waals surface area contributed by atoms with Crippen molar-refractivity contribution in [3.05, 3.63) is 23.9 Å². The van der Waals surface area contributed by atoms with E-state index in [2.05, 4.69) is 40.3 Å². The Balaban J connectivity index is 1.85. The van der Waals surface area contributed by atoms with E-state index in [0.717, 1.165) is 31.1 Å². The lowest BCUT2D eigenvalue weighted by Gasteiger charge is -2.25. The SMILES string of the molecule is Cc1ccc2nc(N(C)C3CCCNCC3)nn2c1. The molecule has 0 bridgehead atoms. The molecule has 1 aliphatic rings. The summed E-state index contributed by atoms with van der Waals surface area (Å²) in [6.07, 6.45) is 5.61. The Morgan fingerprint density at radius 2 is 2.21 bits per heavy atom. The monoisotopic (exact) mass is 259 g/mol. The quantitative estimate of drug-likeness (QED) is 0.890. The first-order chi connectivity index (χ1) is 9.24. The average Bonchev–Trinajstić information content (AvgIpc) is 2.64. The predicted molar refractivity (Wildman–Crippen MR) is 76.6 cm³/mol. The number of nitrogens with one attached hydrogen (secondary N) is 1. The minimum atomic E-state index is 0.536. The number of aromatic nitrogens is 3. The molecule has 0 aliphatic carbocycles. The van der Waals surface area contributed by atoms with Crippen LogP contribution in [0.2, 0.25) is 0 Å². The largest absolute Gasteiger partial charge is 0.340 e. The van der Waals surface area contributed by atoms with Crippen molar-refractivity contribution in [3.8, 4) is 0 Å². The molecular weight excluding hydrogens is 238 g/mol. The molecule has 1 fully saturated rings. The van der Waals surface area contributed by atoms with Crippen LogP contribution in [-0.2, 0) is 0 Å². The number of hydrogen-bond acceptors (Lipinski definition) is 4. The van der Waals surface area contributed by atoms with Crippen molar-refractivity contribution < 1.29 is 0 Å². The van der Waals surface area contributed by atoms with Crippen LogP contribution < -0.4 is 10.2 Å². The molecule has 3 rings (SSSR count). The van der Waals surface area contributed by atoms with Gasteiger partial charge in [-0.2, -0.15) is 4.98 Å². The van der Waals surface area contributed by atoms with Gasteiger partial charge in [0.05, 0.1) is 0 Å². The molecule has 1 aliphatic heterocycles. The molecule has 0 amide bonds. The van der Waals surface area contributed by atoms with E-state index >= 15 is 0 Å². The molecule has 2 aromatic heterocycles. The van der Waals surface area contributed by atoms with Gasteiger partial charge in [0.1, 0.15) is 0 Å². The second kappa shape index (κ2) is 5.17. The number of anilines is 1. The zero-order chi connectivity index (χ0) is 13.2. The fourth-order valence-electron chi connectivity index (χ4n) is 2.67. The fourth-order valence-corrected chi connectivity index (χ4v) is 2.67. The van der Waals surface area contributed by atoms with E-state index in [0.29, 0.717) is 6.04 Å². The molecule has 1 unspecified atom stereocenters. The maximum atomic E-state index is 4.62. The molecule has 102 valence electrons. The van der Waals surface area contributed by atoms with E-state index < -0.39 is 0 Å². The van der Waals surface area contributed by atoms with Crippen LogP contribution in [0.5, 0.6) is 0 Å². The van der Waals surface area contributed by atoms with Crippen LogP contribution in [0, 0.1) is 6.92 Å². The predicted octanol–water partition coefficient (Wildman–Crippen LogP) is 1.62. The fraction of sp³-hybridized carbons (Fsp3) is 0.571. The maximum absolute atomic E-state index is 4.62. The highest BCUT2D eigenvalue weighted by molar-refractivity contribution is 5.45. The normalized spacial score (nSPS) is 20.4. The summed E-state index contributed by atoms with van der Waals surface area (Å²) in [5, 5.41) is 8.04. The van der Waals surface area contributed by atoms with E-state index in [1.807, 2.05) is 16.8 Å². The summed E-state index contributed by atoms with van der Waals surface area (Å²) in [6.45, 7) is 4.28. The van der Waals surface area contributed by atoms with Crippen molar-refractivity contribution in [2.75, 3.05) is 25.0 Å². The Labute approximate surface area is 113 Å². The molecule has 1 atom stereocenters. The van der Waals surface area contributed by atoms with Gasteiger partial charge < -0.3 is 10.2 Å². The zero-order valence-electron chi connectivity index (χ0n) is 11.6. The standard InChI is InChI=1S/C14H21N5/c1-11-5-6-13-16-14(17-19(13)10-11)18(2)12-4-3-8-15-9-7-12/h5-6,10,12,15H,3-4,7-9H2,1-2H3. The van der Waals surface area contributed by atoms with Gasteiger partial charge in [0.25, 0.3) is 0 Å². The Kier molecular flexibility index (Phi) is 3.38.